The highest BCUT2D eigenvalue weighted by Gasteiger charge is 2.27. The minimum absolute atomic E-state index is 0.0565. The zero-order valence-electron chi connectivity index (χ0n) is 15.8. The number of hydrogen-bond acceptors (Lipinski definition) is 4. The minimum atomic E-state index is -0.528. The molecule has 0 radical (unpaired) electrons. The number of aromatic amines is 1. The van der Waals surface area contributed by atoms with E-state index in [4.69, 9.17) is 9.15 Å². The number of phenols is 1. The normalized spacial score (nSPS) is 11.4. The van der Waals surface area contributed by atoms with Gasteiger partial charge in [0.15, 0.2) is 0 Å². The third-order valence-electron chi connectivity index (χ3n) is 4.96. The van der Waals surface area contributed by atoms with Crippen LogP contribution >= 0.6 is 0 Å². The topological polar surface area (TPSA) is 75.5 Å². The first-order chi connectivity index (χ1) is 12.9. The maximum absolute atomic E-state index is 12.7. The summed E-state index contributed by atoms with van der Waals surface area (Å²) < 4.78 is 10.9. The molecule has 2 aromatic heterocycles. The van der Waals surface area contributed by atoms with Gasteiger partial charge in [-0.1, -0.05) is 18.2 Å². The number of aromatic nitrogens is 1. The van der Waals surface area contributed by atoms with Crippen LogP contribution in [0.3, 0.4) is 0 Å². The molecular formula is C22H21NO4. The van der Waals surface area contributed by atoms with Gasteiger partial charge in [0.2, 0.25) is 0 Å². The van der Waals surface area contributed by atoms with Gasteiger partial charge in [0.05, 0.1) is 12.1 Å². The van der Waals surface area contributed by atoms with Crippen molar-refractivity contribution in [2.45, 2.75) is 27.7 Å². The Morgan fingerprint density at radius 1 is 1.22 bits per heavy atom. The summed E-state index contributed by atoms with van der Waals surface area (Å²) in [5.74, 6) is 0.970. The van der Waals surface area contributed by atoms with Gasteiger partial charge in [-0.05, 0) is 39.8 Å². The molecule has 0 amide bonds. The predicted molar refractivity (Wildman–Crippen MR) is 105 cm³/mol. The second-order valence-electron chi connectivity index (χ2n) is 6.69. The number of phenolic OH excluding ortho intramolecular Hbond substituents is 1. The Morgan fingerprint density at radius 2 is 1.96 bits per heavy atom. The average Bonchev–Trinajstić information content (AvgIpc) is 3.16. The van der Waals surface area contributed by atoms with E-state index in [-0.39, 0.29) is 17.9 Å². The monoisotopic (exact) mass is 363 g/mol. The number of esters is 1. The summed E-state index contributed by atoms with van der Waals surface area (Å²) in [5, 5.41) is 12.5. The Hall–Kier alpha value is -3.21. The van der Waals surface area contributed by atoms with Gasteiger partial charge in [-0.2, -0.15) is 0 Å². The number of ether oxygens (including phenoxy) is 1. The van der Waals surface area contributed by atoms with E-state index in [1.54, 1.807) is 13.8 Å². The van der Waals surface area contributed by atoms with E-state index in [9.17, 15) is 9.90 Å². The number of carbonyl (C=O) groups excluding carboxylic acids is 1. The fourth-order valence-corrected chi connectivity index (χ4v) is 3.82. The zero-order valence-corrected chi connectivity index (χ0v) is 15.8. The molecule has 5 heteroatoms. The number of aryl methyl sites for hydroxylation is 2. The molecule has 0 aliphatic heterocycles. The van der Waals surface area contributed by atoms with Gasteiger partial charge < -0.3 is 19.2 Å². The second-order valence-corrected chi connectivity index (χ2v) is 6.69. The largest absolute Gasteiger partial charge is 0.507 e. The molecular weight excluding hydrogens is 342 g/mol. The summed E-state index contributed by atoms with van der Waals surface area (Å²) in [7, 11) is 0. The van der Waals surface area contributed by atoms with Crippen molar-refractivity contribution >= 4 is 27.8 Å². The first kappa shape index (κ1) is 17.2. The Kier molecular flexibility index (Phi) is 3.95. The van der Waals surface area contributed by atoms with Gasteiger partial charge in [-0.15, -0.1) is 0 Å². The highest BCUT2D eigenvalue weighted by Crippen LogP contribution is 2.44. The number of benzene rings is 2. The molecule has 4 rings (SSSR count). The highest BCUT2D eigenvalue weighted by atomic mass is 16.5. The van der Waals surface area contributed by atoms with E-state index in [0.29, 0.717) is 10.9 Å². The van der Waals surface area contributed by atoms with E-state index in [1.807, 2.05) is 44.2 Å². The van der Waals surface area contributed by atoms with Crippen LogP contribution in [0.5, 0.6) is 5.75 Å². The molecule has 5 nitrogen and oxygen atoms in total. The molecule has 2 N–H and O–H groups in total. The maximum Gasteiger partial charge on any atom is 0.342 e. The molecule has 0 aliphatic carbocycles. The quantitative estimate of drug-likeness (QED) is 0.479. The van der Waals surface area contributed by atoms with E-state index in [1.165, 1.54) is 0 Å². The van der Waals surface area contributed by atoms with E-state index < -0.39 is 5.97 Å². The van der Waals surface area contributed by atoms with Crippen LogP contribution in [0, 0.1) is 20.8 Å². The molecule has 0 spiro atoms. The van der Waals surface area contributed by atoms with Crippen LogP contribution < -0.4 is 0 Å². The first-order valence-electron chi connectivity index (χ1n) is 8.94. The smallest absolute Gasteiger partial charge is 0.342 e. The first-order valence-corrected chi connectivity index (χ1v) is 8.94. The van der Waals surface area contributed by atoms with Gasteiger partial charge in [0.1, 0.15) is 22.8 Å². The van der Waals surface area contributed by atoms with E-state index in [0.717, 1.165) is 39.1 Å². The molecule has 0 saturated carbocycles. The van der Waals surface area contributed by atoms with Crippen LogP contribution in [0.2, 0.25) is 0 Å². The van der Waals surface area contributed by atoms with Crippen molar-refractivity contribution in [3.63, 3.8) is 0 Å². The van der Waals surface area contributed by atoms with Crippen LogP contribution in [0.25, 0.3) is 32.9 Å². The minimum Gasteiger partial charge on any atom is -0.507 e. The molecule has 27 heavy (non-hydrogen) atoms. The molecule has 4 aromatic rings. The van der Waals surface area contributed by atoms with Crippen LogP contribution in [0.15, 0.2) is 34.7 Å². The Balaban J connectivity index is 2.21. The van der Waals surface area contributed by atoms with E-state index >= 15 is 0 Å². The molecule has 2 heterocycles. The number of carbonyl (C=O) groups is 1. The van der Waals surface area contributed by atoms with Crippen molar-refractivity contribution in [1.29, 1.82) is 0 Å². The Morgan fingerprint density at radius 3 is 2.63 bits per heavy atom. The highest BCUT2D eigenvalue weighted by molar-refractivity contribution is 6.22. The molecule has 138 valence electrons. The maximum atomic E-state index is 12.7. The van der Waals surface area contributed by atoms with Gasteiger partial charge in [0.25, 0.3) is 0 Å². The SMILES string of the molecule is CCOC(=O)c1c(O)c(C)c(-c2cc(C)oc2C)c2[nH]c3ccccc3c12. The lowest BCUT2D eigenvalue weighted by atomic mass is 9.92. The summed E-state index contributed by atoms with van der Waals surface area (Å²) >= 11 is 0. The zero-order chi connectivity index (χ0) is 19.3. The fourth-order valence-electron chi connectivity index (χ4n) is 3.82. The number of furan rings is 1. The number of fused-ring (bicyclic) bond motifs is 3. The third kappa shape index (κ3) is 2.50. The van der Waals surface area contributed by atoms with Gasteiger partial charge in [0, 0.05) is 33.0 Å². The van der Waals surface area contributed by atoms with Crippen LogP contribution in [0.1, 0.15) is 34.4 Å². The lowest BCUT2D eigenvalue weighted by Gasteiger charge is -2.14. The standard InChI is InChI=1S/C22H21NO4/c1-5-26-22(25)19-18-14-8-6-7-9-16(14)23-20(18)17(12(3)21(19)24)15-10-11(2)27-13(15)4/h6-10,23-24H,5H2,1-4H3. The van der Waals surface area contributed by atoms with Crippen LogP contribution in [0.4, 0.5) is 0 Å². The Labute approximate surface area is 156 Å². The molecule has 0 bridgehead atoms. The van der Waals surface area contributed by atoms with Gasteiger partial charge >= 0.3 is 5.97 Å². The lowest BCUT2D eigenvalue weighted by molar-refractivity contribution is 0.0525. The number of rotatable bonds is 3. The van der Waals surface area contributed by atoms with Gasteiger partial charge in [-0.3, -0.25) is 0 Å². The van der Waals surface area contributed by atoms with Crippen molar-refractivity contribution in [2.75, 3.05) is 6.61 Å². The molecule has 0 unspecified atom stereocenters. The molecule has 0 saturated heterocycles. The van der Waals surface area contributed by atoms with Crippen LogP contribution in [-0.4, -0.2) is 22.7 Å². The summed E-state index contributed by atoms with van der Waals surface area (Å²) in [5.41, 5.74) is 4.22. The van der Waals surface area contributed by atoms with Gasteiger partial charge in [-0.25, -0.2) is 4.79 Å². The fraction of sp³-hybridized carbons (Fsp3) is 0.227. The van der Waals surface area contributed by atoms with Crippen molar-refractivity contribution < 1.29 is 19.1 Å². The third-order valence-corrected chi connectivity index (χ3v) is 4.96. The number of hydrogen-bond donors (Lipinski definition) is 2. The summed E-state index contributed by atoms with van der Waals surface area (Å²) in [4.78, 5) is 16.1. The number of H-pyrrole nitrogens is 1. The van der Waals surface area contributed by atoms with Crippen LogP contribution in [-0.2, 0) is 4.74 Å². The summed E-state index contributed by atoms with van der Waals surface area (Å²) in [6.07, 6.45) is 0. The number of para-hydroxylation sites is 1. The van der Waals surface area contributed by atoms with Crippen molar-refractivity contribution in [3.05, 3.63) is 53.0 Å². The summed E-state index contributed by atoms with van der Waals surface area (Å²) in [6, 6.07) is 9.68. The van der Waals surface area contributed by atoms with E-state index in [2.05, 4.69) is 4.98 Å². The Bertz CT molecular complexity index is 1200. The predicted octanol–water partition coefficient (Wildman–Crippen LogP) is 5.39. The van der Waals surface area contributed by atoms with Crippen molar-refractivity contribution in [2.24, 2.45) is 0 Å². The molecule has 2 aromatic carbocycles. The molecule has 0 aliphatic rings. The van der Waals surface area contributed by atoms with Crippen molar-refractivity contribution in [3.8, 4) is 16.9 Å². The van der Waals surface area contributed by atoms with Crippen molar-refractivity contribution in [1.82, 2.24) is 4.98 Å². The second kappa shape index (κ2) is 6.20. The molecule has 0 atom stereocenters. The number of aromatic hydroxyl groups is 1. The average molecular weight is 363 g/mol. The summed E-state index contributed by atoms with van der Waals surface area (Å²) in [6.45, 7) is 7.58. The number of nitrogens with one attached hydrogen (secondary N) is 1. The lowest BCUT2D eigenvalue weighted by Crippen LogP contribution is -2.07. The molecule has 0 fully saturated rings.